The fourth-order valence-corrected chi connectivity index (χ4v) is 2.01. The van der Waals surface area contributed by atoms with Gasteiger partial charge in [-0.1, -0.05) is 36.4 Å². The van der Waals surface area contributed by atoms with Gasteiger partial charge in [0.25, 0.3) is 0 Å². The van der Waals surface area contributed by atoms with E-state index in [2.05, 4.69) is 36.2 Å². The SMILES string of the molecule is Cc1ccc2ccccc2c1-c1ncco1. The molecule has 1 heterocycles. The van der Waals surface area contributed by atoms with Crippen molar-refractivity contribution in [1.29, 1.82) is 0 Å². The van der Waals surface area contributed by atoms with E-state index in [-0.39, 0.29) is 0 Å². The summed E-state index contributed by atoms with van der Waals surface area (Å²) in [6, 6.07) is 12.5. The molecule has 3 aromatic rings. The summed E-state index contributed by atoms with van der Waals surface area (Å²) in [5, 5.41) is 2.39. The molecule has 2 heteroatoms. The van der Waals surface area contributed by atoms with Gasteiger partial charge in [-0.2, -0.15) is 0 Å². The number of aromatic nitrogens is 1. The molecule has 0 saturated heterocycles. The lowest BCUT2D eigenvalue weighted by atomic mass is 10.00. The monoisotopic (exact) mass is 209 g/mol. The molecule has 0 amide bonds. The molecule has 2 nitrogen and oxygen atoms in total. The maximum Gasteiger partial charge on any atom is 0.226 e. The molecule has 0 saturated carbocycles. The molecule has 0 N–H and O–H groups in total. The lowest BCUT2D eigenvalue weighted by Crippen LogP contribution is -1.85. The number of aryl methyl sites for hydroxylation is 1. The Morgan fingerprint density at radius 2 is 1.94 bits per heavy atom. The van der Waals surface area contributed by atoms with E-state index < -0.39 is 0 Å². The van der Waals surface area contributed by atoms with Crippen molar-refractivity contribution in [3.05, 3.63) is 54.4 Å². The standard InChI is InChI=1S/C14H11NO/c1-10-6-7-11-4-2-3-5-12(11)13(10)14-15-8-9-16-14/h2-9H,1H3. The molecule has 3 rings (SSSR count). The number of hydrogen-bond donors (Lipinski definition) is 0. The van der Waals surface area contributed by atoms with Crippen LogP contribution in [0.1, 0.15) is 5.56 Å². The average molecular weight is 209 g/mol. The maximum atomic E-state index is 5.40. The van der Waals surface area contributed by atoms with Crippen molar-refractivity contribution in [2.75, 3.05) is 0 Å². The Balaban J connectivity index is 2.42. The van der Waals surface area contributed by atoms with Gasteiger partial charge >= 0.3 is 0 Å². The van der Waals surface area contributed by atoms with Crippen molar-refractivity contribution in [3.63, 3.8) is 0 Å². The molecule has 0 bridgehead atoms. The van der Waals surface area contributed by atoms with Crippen LogP contribution < -0.4 is 0 Å². The van der Waals surface area contributed by atoms with Crippen LogP contribution in [0, 0.1) is 6.92 Å². The molecule has 0 atom stereocenters. The molecule has 0 spiro atoms. The second-order valence-electron chi connectivity index (χ2n) is 3.82. The summed E-state index contributed by atoms with van der Waals surface area (Å²) >= 11 is 0. The van der Waals surface area contributed by atoms with Gasteiger partial charge in [-0.15, -0.1) is 0 Å². The Hall–Kier alpha value is -2.09. The molecule has 0 aliphatic heterocycles. The topological polar surface area (TPSA) is 26.0 Å². The van der Waals surface area contributed by atoms with Crippen LogP contribution in [0.4, 0.5) is 0 Å². The van der Waals surface area contributed by atoms with Crippen LogP contribution >= 0.6 is 0 Å². The Labute approximate surface area is 93.5 Å². The summed E-state index contributed by atoms with van der Waals surface area (Å²) in [6.07, 6.45) is 3.28. The van der Waals surface area contributed by atoms with E-state index in [1.54, 1.807) is 12.5 Å². The quantitative estimate of drug-likeness (QED) is 0.609. The molecular weight excluding hydrogens is 198 g/mol. The summed E-state index contributed by atoms with van der Waals surface area (Å²) in [6.45, 7) is 2.08. The zero-order valence-electron chi connectivity index (χ0n) is 8.97. The first-order valence-electron chi connectivity index (χ1n) is 5.24. The smallest absolute Gasteiger partial charge is 0.226 e. The third-order valence-corrected chi connectivity index (χ3v) is 2.78. The number of oxazole rings is 1. The van der Waals surface area contributed by atoms with Crippen molar-refractivity contribution in [2.45, 2.75) is 6.92 Å². The van der Waals surface area contributed by atoms with Gasteiger partial charge in [-0.3, -0.25) is 0 Å². The highest BCUT2D eigenvalue weighted by Gasteiger charge is 2.10. The molecule has 78 valence electrons. The van der Waals surface area contributed by atoms with Gasteiger partial charge in [0, 0.05) is 5.56 Å². The normalized spacial score (nSPS) is 10.8. The lowest BCUT2D eigenvalue weighted by molar-refractivity contribution is 0.575. The summed E-state index contributed by atoms with van der Waals surface area (Å²) in [7, 11) is 0. The van der Waals surface area contributed by atoms with E-state index >= 15 is 0 Å². The van der Waals surface area contributed by atoms with Gasteiger partial charge < -0.3 is 4.42 Å². The van der Waals surface area contributed by atoms with E-state index in [9.17, 15) is 0 Å². The predicted octanol–water partition coefficient (Wildman–Crippen LogP) is 3.80. The summed E-state index contributed by atoms with van der Waals surface area (Å²) < 4.78 is 5.40. The van der Waals surface area contributed by atoms with E-state index in [0.717, 1.165) is 5.56 Å². The molecule has 0 unspecified atom stereocenters. The van der Waals surface area contributed by atoms with Crippen LogP contribution in [0.2, 0.25) is 0 Å². The summed E-state index contributed by atoms with van der Waals surface area (Å²) in [4.78, 5) is 4.23. The van der Waals surface area contributed by atoms with E-state index in [0.29, 0.717) is 5.89 Å². The van der Waals surface area contributed by atoms with Crippen molar-refractivity contribution < 1.29 is 4.42 Å². The number of benzene rings is 2. The molecule has 0 aliphatic rings. The molecule has 16 heavy (non-hydrogen) atoms. The van der Waals surface area contributed by atoms with Crippen molar-refractivity contribution >= 4 is 10.8 Å². The summed E-state index contributed by atoms with van der Waals surface area (Å²) in [5.74, 6) is 0.689. The van der Waals surface area contributed by atoms with Crippen LogP contribution in [0.15, 0.2) is 53.3 Å². The number of nitrogens with zero attached hydrogens (tertiary/aromatic N) is 1. The Kier molecular flexibility index (Phi) is 2.00. The van der Waals surface area contributed by atoms with Crippen LogP contribution in [0.25, 0.3) is 22.2 Å². The zero-order chi connectivity index (χ0) is 11.0. The largest absolute Gasteiger partial charge is 0.444 e. The molecular formula is C14H11NO. The summed E-state index contributed by atoms with van der Waals surface area (Å²) in [5.41, 5.74) is 2.27. The van der Waals surface area contributed by atoms with Crippen LogP contribution in [-0.4, -0.2) is 4.98 Å². The fourth-order valence-electron chi connectivity index (χ4n) is 2.01. The van der Waals surface area contributed by atoms with Gasteiger partial charge in [0.15, 0.2) is 0 Å². The van der Waals surface area contributed by atoms with Crippen LogP contribution in [-0.2, 0) is 0 Å². The van der Waals surface area contributed by atoms with Crippen LogP contribution in [0.3, 0.4) is 0 Å². The van der Waals surface area contributed by atoms with E-state index in [4.69, 9.17) is 4.42 Å². The first-order valence-corrected chi connectivity index (χ1v) is 5.24. The third kappa shape index (κ3) is 1.31. The fraction of sp³-hybridized carbons (Fsp3) is 0.0714. The first-order chi connectivity index (χ1) is 7.86. The van der Waals surface area contributed by atoms with Crippen molar-refractivity contribution in [2.24, 2.45) is 0 Å². The molecule has 0 radical (unpaired) electrons. The number of hydrogen-bond acceptors (Lipinski definition) is 2. The van der Waals surface area contributed by atoms with E-state index in [1.807, 2.05) is 12.1 Å². The van der Waals surface area contributed by atoms with Crippen molar-refractivity contribution in [3.8, 4) is 11.5 Å². The maximum absolute atomic E-state index is 5.40. The number of rotatable bonds is 1. The zero-order valence-corrected chi connectivity index (χ0v) is 8.97. The van der Waals surface area contributed by atoms with Gasteiger partial charge in [0.2, 0.25) is 5.89 Å². The molecule has 2 aromatic carbocycles. The number of fused-ring (bicyclic) bond motifs is 1. The predicted molar refractivity (Wildman–Crippen MR) is 64.2 cm³/mol. The highest BCUT2D eigenvalue weighted by Crippen LogP contribution is 2.30. The highest BCUT2D eigenvalue weighted by molar-refractivity contribution is 5.96. The Morgan fingerprint density at radius 3 is 2.75 bits per heavy atom. The molecule has 0 aliphatic carbocycles. The molecule has 0 fully saturated rings. The van der Waals surface area contributed by atoms with Gasteiger partial charge in [0.05, 0.1) is 6.20 Å². The van der Waals surface area contributed by atoms with E-state index in [1.165, 1.54) is 16.3 Å². The lowest BCUT2D eigenvalue weighted by Gasteiger charge is -2.06. The molecule has 1 aromatic heterocycles. The average Bonchev–Trinajstić information content (AvgIpc) is 2.82. The van der Waals surface area contributed by atoms with Gasteiger partial charge in [0.1, 0.15) is 6.26 Å². The first kappa shape index (κ1) is 9.16. The van der Waals surface area contributed by atoms with Gasteiger partial charge in [-0.05, 0) is 23.3 Å². The highest BCUT2D eigenvalue weighted by atomic mass is 16.3. The van der Waals surface area contributed by atoms with Crippen molar-refractivity contribution in [1.82, 2.24) is 4.98 Å². The van der Waals surface area contributed by atoms with Crippen LogP contribution in [0.5, 0.6) is 0 Å². The minimum Gasteiger partial charge on any atom is -0.444 e. The third-order valence-electron chi connectivity index (χ3n) is 2.78. The minimum atomic E-state index is 0.689. The second kappa shape index (κ2) is 3.49. The Bertz CT molecular complexity index is 626. The minimum absolute atomic E-state index is 0.689. The second-order valence-corrected chi connectivity index (χ2v) is 3.82. The van der Waals surface area contributed by atoms with Gasteiger partial charge in [-0.25, -0.2) is 4.98 Å². The Morgan fingerprint density at radius 1 is 1.06 bits per heavy atom.